The number of carbonyl (C=O) groups is 1. The normalized spacial score (nSPS) is 20.7. The number of fused-ring (bicyclic) bond motifs is 5. The second-order valence-electron chi connectivity index (χ2n) is 9.09. The average Bonchev–Trinajstić information content (AvgIpc) is 2.73. The fraction of sp³-hybridized carbons (Fsp3) is 0.400. The zero-order chi connectivity index (χ0) is 22.6. The Bertz CT molecular complexity index is 1340. The summed E-state index contributed by atoms with van der Waals surface area (Å²) in [6.07, 6.45) is 0.298. The Morgan fingerprint density at radius 3 is 2.75 bits per heavy atom. The van der Waals surface area contributed by atoms with Crippen LogP contribution in [0.1, 0.15) is 36.1 Å². The van der Waals surface area contributed by atoms with E-state index in [1.165, 1.54) is 6.07 Å². The molecule has 0 saturated carbocycles. The molecule has 5 rings (SSSR count). The zero-order valence-electron chi connectivity index (χ0n) is 18.5. The van der Waals surface area contributed by atoms with Crippen LogP contribution in [0.4, 0.5) is 0 Å². The summed E-state index contributed by atoms with van der Waals surface area (Å²) in [7, 11) is 0. The van der Waals surface area contributed by atoms with Gasteiger partial charge in [-0.05, 0) is 62.4 Å². The zero-order valence-corrected chi connectivity index (χ0v) is 18.5. The van der Waals surface area contributed by atoms with Crippen LogP contribution < -0.4 is 15.9 Å². The van der Waals surface area contributed by atoms with Gasteiger partial charge in [0.15, 0.2) is 6.10 Å². The van der Waals surface area contributed by atoms with Crippen molar-refractivity contribution >= 4 is 16.9 Å². The molecule has 2 aliphatic heterocycles. The molecular formula is C25H26N2O5. The first kappa shape index (κ1) is 20.5. The third kappa shape index (κ3) is 3.51. The highest BCUT2D eigenvalue weighted by molar-refractivity contribution is 5.88. The first-order chi connectivity index (χ1) is 15.3. The second kappa shape index (κ2) is 7.65. The Morgan fingerprint density at radius 1 is 1.12 bits per heavy atom. The number of aryl methyl sites for hydroxylation is 2. The number of aromatic nitrogens is 1. The highest BCUT2D eigenvalue weighted by atomic mass is 16.5. The summed E-state index contributed by atoms with van der Waals surface area (Å²) < 4.78 is 13.4. The summed E-state index contributed by atoms with van der Waals surface area (Å²) in [6.45, 7) is 7.33. The predicted molar refractivity (Wildman–Crippen MR) is 120 cm³/mol. The van der Waals surface area contributed by atoms with Gasteiger partial charge in [0.1, 0.15) is 11.3 Å². The van der Waals surface area contributed by atoms with Crippen molar-refractivity contribution in [2.24, 2.45) is 5.92 Å². The Labute approximate surface area is 185 Å². The SMILES string of the molecule is Cc1cc(O[C@@H](C)C(=O)N2C[C@@H]3C[C@H](C2)c2cccc(=O)n2C3)c2c(C)cc(=O)oc2c1. The first-order valence-corrected chi connectivity index (χ1v) is 11.0. The van der Waals surface area contributed by atoms with E-state index in [4.69, 9.17) is 9.15 Å². The van der Waals surface area contributed by atoms with Gasteiger partial charge in [0.05, 0.1) is 5.39 Å². The first-order valence-electron chi connectivity index (χ1n) is 11.0. The number of hydrogen-bond donors (Lipinski definition) is 0. The predicted octanol–water partition coefficient (Wildman–Crippen LogP) is 2.98. The summed E-state index contributed by atoms with van der Waals surface area (Å²) in [4.78, 5) is 39.2. The average molecular weight is 434 g/mol. The Hall–Kier alpha value is -3.35. The molecule has 1 fully saturated rings. The van der Waals surface area contributed by atoms with E-state index in [2.05, 4.69) is 0 Å². The maximum absolute atomic E-state index is 13.3. The van der Waals surface area contributed by atoms with Gasteiger partial charge in [0.25, 0.3) is 11.5 Å². The molecule has 0 aliphatic carbocycles. The molecule has 0 N–H and O–H groups in total. The third-order valence-corrected chi connectivity index (χ3v) is 6.59. The van der Waals surface area contributed by atoms with E-state index >= 15 is 0 Å². The molecule has 0 radical (unpaired) electrons. The van der Waals surface area contributed by atoms with Crippen LogP contribution in [-0.2, 0) is 11.3 Å². The molecule has 166 valence electrons. The van der Waals surface area contributed by atoms with Gasteiger partial charge in [-0.25, -0.2) is 4.79 Å². The standard InChI is InChI=1S/C25H26N2O5/c1-14-7-20(24-15(2)9-23(29)32-21(24)8-14)31-16(3)25(30)26-11-17-10-18(13-26)19-5-4-6-22(28)27(19)12-17/h4-9,16-18H,10-13H2,1-3H3/t16-,17-,18+/m0/s1. The number of ether oxygens (including phenoxy) is 1. The van der Waals surface area contributed by atoms with Gasteiger partial charge in [0.2, 0.25) is 0 Å². The molecule has 1 aromatic carbocycles. The lowest BCUT2D eigenvalue weighted by atomic mass is 9.83. The van der Waals surface area contributed by atoms with Crippen LogP contribution in [0.15, 0.2) is 50.4 Å². The van der Waals surface area contributed by atoms with Crippen molar-refractivity contribution in [3.05, 3.63) is 74.0 Å². The van der Waals surface area contributed by atoms with Crippen molar-refractivity contribution < 1.29 is 13.9 Å². The topological polar surface area (TPSA) is 81.8 Å². The van der Waals surface area contributed by atoms with Crippen LogP contribution in [0.3, 0.4) is 0 Å². The highest BCUT2D eigenvalue weighted by Crippen LogP contribution is 2.36. The second-order valence-corrected chi connectivity index (χ2v) is 9.09. The molecule has 32 heavy (non-hydrogen) atoms. The number of likely N-dealkylation sites (tertiary alicyclic amines) is 1. The van der Waals surface area contributed by atoms with Gasteiger partial charge in [-0.15, -0.1) is 0 Å². The van der Waals surface area contributed by atoms with Crippen LogP contribution in [0, 0.1) is 19.8 Å². The molecule has 1 amide bonds. The van der Waals surface area contributed by atoms with Gasteiger partial charge in [-0.1, -0.05) is 6.07 Å². The Balaban J connectivity index is 1.40. The number of amides is 1. The molecule has 1 saturated heterocycles. The van der Waals surface area contributed by atoms with Crippen molar-refractivity contribution in [3.63, 3.8) is 0 Å². The van der Waals surface area contributed by atoms with Crippen LogP contribution in [0.5, 0.6) is 5.75 Å². The Morgan fingerprint density at radius 2 is 1.94 bits per heavy atom. The smallest absolute Gasteiger partial charge is 0.336 e. The fourth-order valence-electron chi connectivity index (χ4n) is 5.24. The number of benzene rings is 1. The molecule has 2 aromatic heterocycles. The van der Waals surface area contributed by atoms with E-state index in [0.717, 1.165) is 23.2 Å². The minimum Gasteiger partial charge on any atom is -0.480 e. The number of rotatable bonds is 3. The van der Waals surface area contributed by atoms with Gasteiger partial charge in [-0.2, -0.15) is 0 Å². The number of carbonyl (C=O) groups excluding carboxylic acids is 1. The van der Waals surface area contributed by atoms with Gasteiger partial charge in [0, 0.05) is 43.4 Å². The molecule has 0 unspecified atom stereocenters. The van der Waals surface area contributed by atoms with E-state index in [-0.39, 0.29) is 23.3 Å². The number of pyridine rings is 1. The van der Waals surface area contributed by atoms with Crippen molar-refractivity contribution in [1.82, 2.24) is 9.47 Å². The summed E-state index contributed by atoms with van der Waals surface area (Å²) >= 11 is 0. The lowest BCUT2D eigenvalue weighted by molar-refractivity contribution is -0.140. The van der Waals surface area contributed by atoms with E-state index in [1.54, 1.807) is 25.1 Å². The molecule has 0 spiro atoms. The molecule has 2 aliphatic rings. The van der Waals surface area contributed by atoms with Crippen molar-refractivity contribution in [2.45, 2.75) is 45.8 Å². The lowest BCUT2D eigenvalue weighted by Gasteiger charge is -2.43. The van der Waals surface area contributed by atoms with Gasteiger partial charge >= 0.3 is 5.63 Å². The molecule has 7 heteroatoms. The summed E-state index contributed by atoms with van der Waals surface area (Å²) in [5, 5.41) is 0.707. The summed E-state index contributed by atoms with van der Waals surface area (Å²) in [5.41, 5.74) is 2.72. The van der Waals surface area contributed by atoms with Crippen LogP contribution in [-0.4, -0.2) is 34.6 Å². The van der Waals surface area contributed by atoms with E-state index < -0.39 is 11.7 Å². The Kier molecular flexibility index (Phi) is 4.92. The molecule has 3 aromatic rings. The molecular weight excluding hydrogens is 408 g/mol. The summed E-state index contributed by atoms with van der Waals surface area (Å²) in [6, 6.07) is 10.5. The maximum Gasteiger partial charge on any atom is 0.336 e. The van der Waals surface area contributed by atoms with Gasteiger partial charge < -0.3 is 18.6 Å². The van der Waals surface area contributed by atoms with E-state index in [1.807, 2.05) is 35.4 Å². The maximum atomic E-state index is 13.3. The summed E-state index contributed by atoms with van der Waals surface area (Å²) in [5.74, 6) is 0.880. The van der Waals surface area contributed by atoms with Crippen molar-refractivity contribution in [3.8, 4) is 5.75 Å². The van der Waals surface area contributed by atoms with E-state index in [9.17, 15) is 14.4 Å². The fourth-order valence-corrected chi connectivity index (χ4v) is 5.24. The number of piperidine rings is 1. The van der Waals surface area contributed by atoms with Gasteiger partial charge in [-0.3, -0.25) is 9.59 Å². The molecule has 3 atom stereocenters. The monoisotopic (exact) mass is 434 g/mol. The number of nitrogens with zero attached hydrogens (tertiary/aromatic N) is 2. The minimum atomic E-state index is -0.692. The van der Waals surface area contributed by atoms with Crippen molar-refractivity contribution in [2.75, 3.05) is 13.1 Å². The lowest BCUT2D eigenvalue weighted by Crippen LogP contribution is -2.52. The molecule has 7 nitrogen and oxygen atoms in total. The largest absolute Gasteiger partial charge is 0.480 e. The quantitative estimate of drug-likeness (QED) is 0.592. The molecule has 2 bridgehead atoms. The van der Waals surface area contributed by atoms with Crippen LogP contribution in [0.25, 0.3) is 11.0 Å². The highest BCUT2D eigenvalue weighted by Gasteiger charge is 2.37. The number of hydrogen-bond acceptors (Lipinski definition) is 5. The minimum absolute atomic E-state index is 0.0297. The van der Waals surface area contributed by atoms with Crippen LogP contribution >= 0.6 is 0 Å². The van der Waals surface area contributed by atoms with Crippen molar-refractivity contribution in [1.29, 1.82) is 0 Å². The van der Waals surface area contributed by atoms with E-state index in [0.29, 0.717) is 36.4 Å². The van der Waals surface area contributed by atoms with Crippen LogP contribution in [0.2, 0.25) is 0 Å². The third-order valence-electron chi connectivity index (χ3n) is 6.59. The molecule has 4 heterocycles.